The van der Waals surface area contributed by atoms with E-state index in [4.69, 9.17) is 0 Å². The second-order valence-corrected chi connectivity index (χ2v) is 6.75. The molecule has 0 spiro atoms. The number of sulfonamides is 1. The van der Waals surface area contributed by atoms with Crippen LogP contribution in [-0.4, -0.2) is 13.5 Å². The molecule has 0 saturated heterocycles. The molecule has 0 aliphatic rings. The van der Waals surface area contributed by atoms with Gasteiger partial charge in [-0.15, -0.1) is 0 Å². The number of hydrogen-bond donors (Lipinski definition) is 2. The van der Waals surface area contributed by atoms with Gasteiger partial charge < -0.3 is 5.11 Å². The molecular formula is C16H19NO3S. The van der Waals surface area contributed by atoms with Crippen molar-refractivity contribution < 1.29 is 13.5 Å². The normalized spacial score (nSPS) is 11.6. The van der Waals surface area contributed by atoms with E-state index in [-0.39, 0.29) is 18.0 Å². The summed E-state index contributed by atoms with van der Waals surface area (Å²) in [5.41, 5.74) is 3.08. The first-order valence-electron chi connectivity index (χ1n) is 6.68. The van der Waals surface area contributed by atoms with Crippen molar-refractivity contribution in [3.8, 4) is 0 Å². The molecule has 0 saturated carbocycles. The largest absolute Gasteiger partial charge is 0.392 e. The molecule has 5 heteroatoms. The smallest absolute Gasteiger partial charge is 0.241 e. The molecular weight excluding hydrogens is 286 g/mol. The summed E-state index contributed by atoms with van der Waals surface area (Å²) in [5, 5.41) is 9.29. The average Bonchev–Trinajstić information content (AvgIpc) is 2.46. The Hall–Kier alpha value is -1.69. The van der Waals surface area contributed by atoms with Crippen LogP contribution in [0.5, 0.6) is 0 Å². The molecule has 0 unspecified atom stereocenters. The van der Waals surface area contributed by atoms with Crippen LogP contribution in [0.4, 0.5) is 0 Å². The van der Waals surface area contributed by atoms with Crippen molar-refractivity contribution in [2.24, 2.45) is 0 Å². The van der Waals surface area contributed by atoms with Gasteiger partial charge in [-0.05, 0) is 42.2 Å². The van der Waals surface area contributed by atoms with Crippen molar-refractivity contribution in [3.05, 3.63) is 64.7 Å². The van der Waals surface area contributed by atoms with Gasteiger partial charge in [-0.1, -0.05) is 36.4 Å². The summed E-state index contributed by atoms with van der Waals surface area (Å²) in [5.74, 6) is 0. The van der Waals surface area contributed by atoms with Gasteiger partial charge in [-0.3, -0.25) is 0 Å². The monoisotopic (exact) mass is 305 g/mol. The van der Waals surface area contributed by atoms with Gasteiger partial charge in [0, 0.05) is 6.54 Å². The summed E-state index contributed by atoms with van der Waals surface area (Å²) >= 11 is 0. The van der Waals surface area contributed by atoms with Crippen molar-refractivity contribution in [2.45, 2.75) is 31.9 Å². The molecule has 21 heavy (non-hydrogen) atoms. The van der Waals surface area contributed by atoms with Crippen LogP contribution in [0, 0.1) is 13.8 Å². The molecule has 112 valence electrons. The Bertz CT molecular complexity index is 725. The number of rotatable bonds is 5. The first kappa shape index (κ1) is 15.7. The highest BCUT2D eigenvalue weighted by molar-refractivity contribution is 7.89. The Balaban J connectivity index is 2.27. The lowest BCUT2D eigenvalue weighted by Crippen LogP contribution is -2.24. The predicted octanol–water partition coefficient (Wildman–Crippen LogP) is 2.27. The lowest BCUT2D eigenvalue weighted by atomic mass is 10.1. The van der Waals surface area contributed by atoms with Crippen LogP contribution in [0.1, 0.15) is 22.3 Å². The third-order valence-electron chi connectivity index (χ3n) is 3.40. The van der Waals surface area contributed by atoms with Crippen LogP contribution >= 0.6 is 0 Å². The Morgan fingerprint density at radius 3 is 2.33 bits per heavy atom. The second kappa shape index (κ2) is 6.39. The zero-order valence-electron chi connectivity index (χ0n) is 12.1. The third kappa shape index (κ3) is 3.69. The number of aryl methyl sites for hydroxylation is 2. The third-order valence-corrected chi connectivity index (χ3v) is 4.95. The van der Waals surface area contributed by atoms with E-state index in [1.54, 1.807) is 13.0 Å². The van der Waals surface area contributed by atoms with E-state index in [2.05, 4.69) is 4.72 Å². The molecule has 4 nitrogen and oxygen atoms in total. The van der Waals surface area contributed by atoms with E-state index < -0.39 is 10.0 Å². The van der Waals surface area contributed by atoms with Crippen LogP contribution in [0.15, 0.2) is 47.4 Å². The summed E-state index contributed by atoms with van der Waals surface area (Å²) in [6, 6.07) is 12.7. The fourth-order valence-corrected chi connectivity index (χ4v) is 3.48. The van der Waals surface area contributed by atoms with E-state index in [0.29, 0.717) is 11.1 Å². The zero-order valence-corrected chi connectivity index (χ0v) is 12.9. The second-order valence-electron chi connectivity index (χ2n) is 5.01. The van der Waals surface area contributed by atoms with Gasteiger partial charge in [-0.25, -0.2) is 13.1 Å². The van der Waals surface area contributed by atoms with Gasteiger partial charge in [-0.2, -0.15) is 0 Å². The molecule has 2 aromatic rings. The molecule has 0 heterocycles. The van der Waals surface area contributed by atoms with Crippen molar-refractivity contribution in [2.75, 3.05) is 0 Å². The Morgan fingerprint density at radius 2 is 1.71 bits per heavy atom. The van der Waals surface area contributed by atoms with Crippen molar-refractivity contribution in [1.82, 2.24) is 4.72 Å². The van der Waals surface area contributed by atoms with E-state index >= 15 is 0 Å². The Labute approximate surface area is 125 Å². The molecule has 0 aliphatic heterocycles. The van der Waals surface area contributed by atoms with Gasteiger partial charge in [0.2, 0.25) is 10.0 Å². The molecule has 0 atom stereocenters. The minimum Gasteiger partial charge on any atom is -0.392 e. The Kier molecular flexibility index (Phi) is 4.77. The lowest BCUT2D eigenvalue weighted by molar-refractivity contribution is 0.280. The van der Waals surface area contributed by atoms with E-state index in [1.165, 1.54) is 6.07 Å². The number of nitrogens with one attached hydrogen (secondary N) is 1. The maximum absolute atomic E-state index is 12.4. The van der Waals surface area contributed by atoms with Gasteiger partial charge >= 0.3 is 0 Å². The zero-order chi connectivity index (χ0) is 15.5. The summed E-state index contributed by atoms with van der Waals surface area (Å²) in [6.07, 6.45) is 0. The first-order chi connectivity index (χ1) is 9.94. The maximum atomic E-state index is 12.4. The fraction of sp³-hybridized carbons (Fsp3) is 0.250. The van der Waals surface area contributed by atoms with E-state index in [9.17, 15) is 13.5 Å². The molecule has 0 amide bonds. The molecule has 2 aromatic carbocycles. The van der Waals surface area contributed by atoms with E-state index in [1.807, 2.05) is 37.3 Å². The number of aliphatic hydroxyl groups excluding tert-OH is 1. The fourth-order valence-electron chi connectivity index (χ4n) is 2.19. The molecule has 0 aromatic heterocycles. The minimum absolute atomic E-state index is 0.173. The molecule has 2 rings (SSSR count). The summed E-state index contributed by atoms with van der Waals surface area (Å²) in [7, 11) is -3.60. The number of benzene rings is 2. The number of aliphatic hydroxyl groups is 1. The lowest BCUT2D eigenvalue weighted by Gasteiger charge is -2.12. The minimum atomic E-state index is -3.60. The maximum Gasteiger partial charge on any atom is 0.241 e. The molecule has 0 radical (unpaired) electrons. The van der Waals surface area contributed by atoms with Crippen LogP contribution in [0.3, 0.4) is 0 Å². The van der Waals surface area contributed by atoms with Crippen molar-refractivity contribution >= 4 is 10.0 Å². The van der Waals surface area contributed by atoms with Gasteiger partial charge in [0.25, 0.3) is 0 Å². The first-order valence-corrected chi connectivity index (χ1v) is 8.17. The highest BCUT2D eigenvalue weighted by atomic mass is 32.2. The summed E-state index contributed by atoms with van der Waals surface area (Å²) < 4.78 is 27.4. The van der Waals surface area contributed by atoms with E-state index in [0.717, 1.165) is 11.1 Å². The highest BCUT2D eigenvalue weighted by Crippen LogP contribution is 2.20. The van der Waals surface area contributed by atoms with Crippen LogP contribution < -0.4 is 4.72 Å². The van der Waals surface area contributed by atoms with Crippen LogP contribution in [0.25, 0.3) is 0 Å². The Morgan fingerprint density at radius 1 is 1.05 bits per heavy atom. The molecule has 0 aliphatic carbocycles. The van der Waals surface area contributed by atoms with Crippen molar-refractivity contribution in [1.29, 1.82) is 0 Å². The van der Waals surface area contributed by atoms with Gasteiger partial charge in [0.05, 0.1) is 11.5 Å². The average molecular weight is 305 g/mol. The summed E-state index contributed by atoms with van der Waals surface area (Å²) in [4.78, 5) is 0.216. The molecule has 0 bridgehead atoms. The predicted molar refractivity (Wildman–Crippen MR) is 82.3 cm³/mol. The van der Waals surface area contributed by atoms with Gasteiger partial charge in [0.15, 0.2) is 0 Å². The quantitative estimate of drug-likeness (QED) is 0.890. The van der Waals surface area contributed by atoms with Crippen LogP contribution in [-0.2, 0) is 23.2 Å². The van der Waals surface area contributed by atoms with Crippen molar-refractivity contribution in [3.63, 3.8) is 0 Å². The SMILES string of the molecule is Cc1cc(C)c(S(=O)(=O)NCc2ccccc2)cc1CO. The topological polar surface area (TPSA) is 66.4 Å². The highest BCUT2D eigenvalue weighted by Gasteiger charge is 2.18. The number of hydrogen-bond acceptors (Lipinski definition) is 3. The standard InChI is InChI=1S/C16H19NO3S/c1-12-8-13(2)16(9-15(12)11-18)21(19,20)17-10-14-6-4-3-5-7-14/h3-9,17-18H,10-11H2,1-2H3. The van der Waals surface area contributed by atoms with Crippen LogP contribution in [0.2, 0.25) is 0 Å². The molecule has 2 N–H and O–H groups in total. The van der Waals surface area contributed by atoms with Gasteiger partial charge in [0.1, 0.15) is 0 Å². The summed E-state index contributed by atoms with van der Waals surface area (Å²) in [6.45, 7) is 3.68. The molecule has 0 fully saturated rings.